The quantitative estimate of drug-likeness (QED) is 0.803. The minimum atomic E-state index is -0.182. The topological polar surface area (TPSA) is 61.9 Å². The van der Waals surface area contributed by atoms with Crippen LogP contribution in [0.2, 0.25) is 0 Å². The standard InChI is InChI=1S/C16H23N3O3S/c1-18(2)9-8-17-14(20)10-19-15(21)11-23-16(19)12-6-4-5-7-13(12)22-3/h4-7,16H,8-11H2,1-3H3,(H,17,20). The third kappa shape index (κ3) is 4.62. The van der Waals surface area contributed by atoms with Gasteiger partial charge in [0, 0.05) is 18.7 Å². The van der Waals surface area contributed by atoms with Crippen molar-refractivity contribution in [2.24, 2.45) is 0 Å². The molecule has 0 saturated carbocycles. The summed E-state index contributed by atoms with van der Waals surface area (Å²) in [7, 11) is 5.51. The third-order valence-electron chi connectivity index (χ3n) is 3.57. The van der Waals surface area contributed by atoms with Crippen LogP contribution in [0.15, 0.2) is 24.3 Å². The molecule has 126 valence electrons. The number of ether oxygens (including phenoxy) is 1. The zero-order chi connectivity index (χ0) is 16.8. The molecule has 0 radical (unpaired) electrons. The van der Waals surface area contributed by atoms with Crippen molar-refractivity contribution in [3.05, 3.63) is 29.8 Å². The molecule has 1 aliphatic rings. The molecule has 0 spiro atoms. The van der Waals surface area contributed by atoms with Crippen LogP contribution in [0.25, 0.3) is 0 Å². The fraction of sp³-hybridized carbons (Fsp3) is 0.500. The van der Waals surface area contributed by atoms with Gasteiger partial charge in [-0.1, -0.05) is 18.2 Å². The van der Waals surface area contributed by atoms with Crippen LogP contribution in [-0.4, -0.2) is 68.2 Å². The maximum atomic E-state index is 12.2. The summed E-state index contributed by atoms with van der Waals surface area (Å²) in [4.78, 5) is 27.9. The molecule has 1 N–H and O–H groups in total. The predicted octanol–water partition coefficient (Wildman–Crippen LogP) is 0.947. The highest BCUT2D eigenvalue weighted by Gasteiger charge is 2.35. The van der Waals surface area contributed by atoms with Crippen LogP contribution >= 0.6 is 11.8 Å². The normalized spacial score (nSPS) is 17.7. The Morgan fingerprint density at radius 3 is 2.87 bits per heavy atom. The number of hydrogen-bond acceptors (Lipinski definition) is 5. The van der Waals surface area contributed by atoms with Gasteiger partial charge in [-0.3, -0.25) is 9.59 Å². The van der Waals surface area contributed by atoms with Crippen molar-refractivity contribution in [3.63, 3.8) is 0 Å². The molecule has 0 aliphatic carbocycles. The number of carbonyl (C=O) groups excluding carboxylic acids is 2. The van der Waals surface area contributed by atoms with Crippen molar-refractivity contribution in [3.8, 4) is 5.75 Å². The van der Waals surface area contributed by atoms with Crippen LogP contribution in [0.5, 0.6) is 5.75 Å². The first-order valence-electron chi connectivity index (χ1n) is 7.48. The van der Waals surface area contributed by atoms with Gasteiger partial charge in [0.1, 0.15) is 17.7 Å². The molecule has 1 heterocycles. The monoisotopic (exact) mass is 337 g/mol. The SMILES string of the molecule is COc1ccccc1C1SCC(=O)N1CC(=O)NCCN(C)C. The van der Waals surface area contributed by atoms with E-state index in [-0.39, 0.29) is 23.7 Å². The summed E-state index contributed by atoms with van der Waals surface area (Å²) in [6.45, 7) is 1.41. The first-order valence-corrected chi connectivity index (χ1v) is 8.53. The summed E-state index contributed by atoms with van der Waals surface area (Å²) in [6, 6.07) is 7.61. The van der Waals surface area contributed by atoms with Gasteiger partial charge in [-0.2, -0.15) is 0 Å². The number of likely N-dealkylation sites (N-methyl/N-ethyl adjacent to an activating group) is 1. The number of nitrogens with one attached hydrogen (secondary N) is 1. The van der Waals surface area contributed by atoms with Crippen LogP contribution in [0.4, 0.5) is 0 Å². The molecular formula is C16H23N3O3S. The number of methoxy groups -OCH3 is 1. The number of benzene rings is 1. The van der Waals surface area contributed by atoms with Crippen molar-refractivity contribution < 1.29 is 14.3 Å². The Bertz CT molecular complexity index is 565. The summed E-state index contributed by atoms with van der Waals surface area (Å²) in [6.07, 6.45) is 0. The van der Waals surface area contributed by atoms with Crippen molar-refractivity contribution in [1.29, 1.82) is 0 Å². The van der Waals surface area contributed by atoms with Gasteiger partial charge in [0.25, 0.3) is 0 Å². The smallest absolute Gasteiger partial charge is 0.239 e. The summed E-state index contributed by atoms with van der Waals surface area (Å²) < 4.78 is 5.38. The van der Waals surface area contributed by atoms with E-state index in [4.69, 9.17) is 4.74 Å². The average Bonchev–Trinajstić information content (AvgIpc) is 2.88. The van der Waals surface area contributed by atoms with Gasteiger partial charge in [0.05, 0.1) is 12.9 Å². The molecule has 6 nitrogen and oxygen atoms in total. The summed E-state index contributed by atoms with van der Waals surface area (Å²) in [5.74, 6) is 0.960. The number of rotatable bonds is 7. The minimum absolute atomic E-state index is 0.0198. The molecule has 7 heteroatoms. The van der Waals surface area contributed by atoms with Crippen LogP contribution in [-0.2, 0) is 9.59 Å². The van der Waals surface area contributed by atoms with Gasteiger partial charge >= 0.3 is 0 Å². The predicted molar refractivity (Wildman–Crippen MR) is 91.5 cm³/mol. The molecule has 1 atom stereocenters. The Balaban J connectivity index is 2.03. The number of thioether (sulfide) groups is 1. The largest absolute Gasteiger partial charge is 0.496 e. The van der Waals surface area contributed by atoms with Gasteiger partial charge in [-0.25, -0.2) is 0 Å². The van der Waals surface area contributed by atoms with Crippen molar-refractivity contribution in [2.45, 2.75) is 5.37 Å². The van der Waals surface area contributed by atoms with E-state index in [2.05, 4.69) is 5.32 Å². The van der Waals surface area contributed by atoms with E-state index in [9.17, 15) is 9.59 Å². The maximum Gasteiger partial charge on any atom is 0.239 e. The molecule has 0 aromatic heterocycles. The van der Waals surface area contributed by atoms with Gasteiger partial charge in [0.2, 0.25) is 11.8 Å². The van der Waals surface area contributed by atoms with E-state index in [1.165, 1.54) is 11.8 Å². The highest BCUT2D eigenvalue weighted by atomic mass is 32.2. The molecular weight excluding hydrogens is 314 g/mol. The zero-order valence-electron chi connectivity index (χ0n) is 13.7. The Labute approximate surface area is 141 Å². The van der Waals surface area contributed by atoms with Gasteiger partial charge in [0.15, 0.2) is 0 Å². The molecule has 1 saturated heterocycles. The minimum Gasteiger partial charge on any atom is -0.496 e. The van der Waals surface area contributed by atoms with Crippen molar-refractivity contribution in [1.82, 2.24) is 15.1 Å². The van der Waals surface area contributed by atoms with E-state index in [1.54, 1.807) is 12.0 Å². The first kappa shape index (κ1) is 17.6. The van der Waals surface area contributed by atoms with Gasteiger partial charge < -0.3 is 19.9 Å². The van der Waals surface area contributed by atoms with E-state index in [1.807, 2.05) is 43.3 Å². The second kappa shape index (κ2) is 8.21. The first-order chi connectivity index (χ1) is 11.0. The second-order valence-electron chi connectivity index (χ2n) is 5.58. The van der Waals surface area contributed by atoms with Crippen molar-refractivity contribution >= 4 is 23.6 Å². The molecule has 23 heavy (non-hydrogen) atoms. The van der Waals surface area contributed by atoms with Gasteiger partial charge in [-0.15, -0.1) is 11.8 Å². The Hall–Kier alpha value is -1.73. The van der Waals surface area contributed by atoms with Crippen LogP contribution in [0.1, 0.15) is 10.9 Å². The number of amides is 2. The molecule has 1 unspecified atom stereocenters. The third-order valence-corrected chi connectivity index (χ3v) is 4.81. The summed E-state index contributed by atoms with van der Waals surface area (Å²) >= 11 is 1.52. The molecule has 1 fully saturated rings. The van der Waals surface area contributed by atoms with Crippen LogP contribution in [0.3, 0.4) is 0 Å². The highest BCUT2D eigenvalue weighted by Crippen LogP contribution is 2.41. The Kier molecular flexibility index (Phi) is 6.29. The molecule has 1 aromatic rings. The van der Waals surface area contributed by atoms with Crippen LogP contribution in [0, 0.1) is 0 Å². The maximum absolute atomic E-state index is 12.2. The lowest BCUT2D eigenvalue weighted by Gasteiger charge is -2.25. The van der Waals surface area contributed by atoms with Gasteiger partial charge in [-0.05, 0) is 20.2 Å². The second-order valence-corrected chi connectivity index (χ2v) is 6.65. The number of para-hydroxylation sites is 1. The molecule has 0 bridgehead atoms. The lowest BCUT2D eigenvalue weighted by molar-refractivity contribution is -0.133. The highest BCUT2D eigenvalue weighted by molar-refractivity contribution is 8.00. The zero-order valence-corrected chi connectivity index (χ0v) is 14.6. The number of hydrogen-bond donors (Lipinski definition) is 1. The lowest BCUT2D eigenvalue weighted by atomic mass is 10.2. The molecule has 1 aromatic carbocycles. The summed E-state index contributed by atoms with van der Waals surface area (Å²) in [5.41, 5.74) is 0.923. The number of nitrogens with zero attached hydrogens (tertiary/aromatic N) is 2. The Morgan fingerprint density at radius 1 is 1.43 bits per heavy atom. The fourth-order valence-electron chi connectivity index (χ4n) is 2.38. The van der Waals surface area contributed by atoms with E-state index >= 15 is 0 Å². The van der Waals surface area contributed by atoms with E-state index in [0.29, 0.717) is 12.3 Å². The van der Waals surface area contributed by atoms with Crippen molar-refractivity contribution in [2.75, 3.05) is 46.6 Å². The summed E-state index contributed by atoms with van der Waals surface area (Å²) in [5, 5.41) is 2.66. The average molecular weight is 337 g/mol. The molecule has 2 amide bonds. The molecule has 1 aliphatic heterocycles. The van der Waals surface area contributed by atoms with Crippen LogP contribution < -0.4 is 10.1 Å². The number of carbonyl (C=O) groups is 2. The van der Waals surface area contributed by atoms with E-state index in [0.717, 1.165) is 17.9 Å². The Morgan fingerprint density at radius 2 is 2.17 bits per heavy atom. The molecule has 2 rings (SSSR count). The fourth-order valence-corrected chi connectivity index (χ4v) is 3.60. The van der Waals surface area contributed by atoms with E-state index < -0.39 is 0 Å². The lowest BCUT2D eigenvalue weighted by Crippen LogP contribution is -2.41.